The van der Waals surface area contributed by atoms with E-state index in [-0.39, 0.29) is 0 Å². The molecule has 0 N–H and O–H groups in total. The molecule has 2 heterocycles. The highest BCUT2D eigenvalue weighted by atomic mass is 14.8. The van der Waals surface area contributed by atoms with Gasteiger partial charge in [-0.2, -0.15) is 0 Å². The van der Waals surface area contributed by atoms with Gasteiger partial charge in [-0.15, -0.1) is 0 Å². The second-order valence-corrected chi connectivity index (χ2v) is 4.84. The van der Waals surface area contributed by atoms with Crippen molar-refractivity contribution in [2.45, 2.75) is 13.8 Å². The van der Waals surface area contributed by atoms with Gasteiger partial charge in [0.15, 0.2) is 0 Å². The molecule has 3 heteroatoms. The van der Waals surface area contributed by atoms with Crippen molar-refractivity contribution >= 4 is 0 Å². The van der Waals surface area contributed by atoms with Crippen molar-refractivity contribution in [1.29, 1.82) is 0 Å². The summed E-state index contributed by atoms with van der Waals surface area (Å²) in [7, 11) is 0. The number of aromatic nitrogens is 3. The van der Waals surface area contributed by atoms with E-state index in [1.165, 1.54) is 11.1 Å². The van der Waals surface area contributed by atoms with Crippen molar-refractivity contribution in [1.82, 2.24) is 15.0 Å². The first-order valence-corrected chi connectivity index (χ1v) is 6.54. The molecule has 0 spiro atoms. The lowest BCUT2D eigenvalue weighted by Crippen LogP contribution is -1.90. The largest absolute Gasteiger partial charge is 0.258 e. The van der Waals surface area contributed by atoms with E-state index < -0.39 is 0 Å². The highest BCUT2D eigenvalue weighted by molar-refractivity contribution is 5.65. The third-order valence-corrected chi connectivity index (χ3v) is 3.19. The minimum atomic E-state index is 0.797. The minimum Gasteiger partial charge on any atom is -0.258 e. The Morgan fingerprint density at radius 2 is 1.30 bits per heavy atom. The van der Waals surface area contributed by atoms with Crippen molar-refractivity contribution < 1.29 is 0 Å². The van der Waals surface area contributed by atoms with Crippen LogP contribution in [0, 0.1) is 13.8 Å². The van der Waals surface area contributed by atoms with E-state index in [1.54, 1.807) is 12.4 Å². The van der Waals surface area contributed by atoms with Gasteiger partial charge in [0.2, 0.25) is 0 Å². The van der Waals surface area contributed by atoms with Gasteiger partial charge < -0.3 is 0 Å². The Balaban J connectivity index is 1.91. The molecule has 0 saturated carbocycles. The van der Waals surface area contributed by atoms with Crippen molar-refractivity contribution in [3.05, 3.63) is 66.2 Å². The van der Waals surface area contributed by atoms with Crippen molar-refractivity contribution in [3.63, 3.8) is 0 Å². The maximum Gasteiger partial charge on any atom is 0.107 e. The third-order valence-electron chi connectivity index (χ3n) is 3.19. The van der Waals surface area contributed by atoms with Gasteiger partial charge in [0, 0.05) is 18.0 Å². The van der Waals surface area contributed by atoms with Crippen LogP contribution in [0.5, 0.6) is 0 Å². The predicted octanol–water partition coefficient (Wildman–Crippen LogP) is 3.82. The first kappa shape index (κ1) is 12.5. The summed E-state index contributed by atoms with van der Waals surface area (Å²) in [5.74, 6) is 0. The van der Waals surface area contributed by atoms with Gasteiger partial charge in [-0.25, -0.2) is 0 Å². The molecule has 0 fully saturated rings. The van der Waals surface area contributed by atoms with Gasteiger partial charge in [-0.1, -0.05) is 35.9 Å². The Bertz CT molecular complexity index is 634. The average molecular weight is 261 g/mol. The topological polar surface area (TPSA) is 38.7 Å². The lowest BCUT2D eigenvalue weighted by molar-refractivity contribution is 1.11. The van der Waals surface area contributed by atoms with Crippen LogP contribution in [0.2, 0.25) is 0 Å². The van der Waals surface area contributed by atoms with Crippen LogP contribution in [-0.4, -0.2) is 15.0 Å². The molecular formula is C17H15N3. The molecule has 2 aromatic heterocycles. The number of rotatable bonds is 2. The van der Waals surface area contributed by atoms with Crippen LogP contribution < -0.4 is 0 Å². The van der Waals surface area contributed by atoms with Crippen molar-refractivity contribution in [2.24, 2.45) is 0 Å². The molecule has 98 valence electrons. The molecule has 3 aromatic rings. The standard InChI is InChI=1S/C17H15N3/c1-12-3-5-14(6-4-12)15-7-8-16(20-10-15)17-11-18-13(2)9-19-17/h3-11H,1-2H3. The Hall–Kier alpha value is -2.55. The van der Waals surface area contributed by atoms with E-state index in [9.17, 15) is 0 Å². The summed E-state index contributed by atoms with van der Waals surface area (Å²) in [6.07, 6.45) is 5.38. The van der Waals surface area contributed by atoms with Gasteiger partial charge in [-0.3, -0.25) is 15.0 Å². The van der Waals surface area contributed by atoms with Crippen LogP contribution >= 0.6 is 0 Å². The molecular weight excluding hydrogens is 246 g/mol. The van der Waals surface area contributed by atoms with E-state index in [0.717, 1.165) is 22.6 Å². The predicted molar refractivity (Wildman–Crippen MR) is 80.2 cm³/mol. The summed E-state index contributed by atoms with van der Waals surface area (Å²) in [5, 5.41) is 0. The summed E-state index contributed by atoms with van der Waals surface area (Å²) < 4.78 is 0. The number of aryl methyl sites for hydroxylation is 2. The van der Waals surface area contributed by atoms with Crippen LogP contribution in [0.1, 0.15) is 11.3 Å². The number of hydrogen-bond donors (Lipinski definition) is 0. The molecule has 1 aromatic carbocycles. The average Bonchev–Trinajstić information content (AvgIpc) is 2.49. The molecule has 0 aliphatic rings. The highest BCUT2D eigenvalue weighted by Crippen LogP contribution is 2.21. The van der Waals surface area contributed by atoms with Crippen LogP contribution in [-0.2, 0) is 0 Å². The quantitative estimate of drug-likeness (QED) is 0.704. The number of benzene rings is 1. The lowest BCUT2D eigenvalue weighted by atomic mass is 10.1. The molecule has 0 aliphatic heterocycles. The maximum atomic E-state index is 4.47. The second kappa shape index (κ2) is 5.21. The van der Waals surface area contributed by atoms with Gasteiger partial charge >= 0.3 is 0 Å². The Morgan fingerprint density at radius 3 is 1.90 bits per heavy atom. The van der Waals surface area contributed by atoms with Crippen LogP contribution in [0.25, 0.3) is 22.5 Å². The van der Waals surface area contributed by atoms with Crippen LogP contribution in [0.4, 0.5) is 0 Å². The lowest BCUT2D eigenvalue weighted by Gasteiger charge is -2.04. The summed E-state index contributed by atoms with van der Waals surface area (Å²) in [4.78, 5) is 13.1. The second-order valence-electron chi connectivity index (χ2n) is 4.84. The van der Waals surface area contributed by atoms with Crippen LogP contribution in [0.15, 0.2) is 55.0 Å². The molecule has 0 atom stereocenters. The van der Waals surface area contributed by atoms with Gasteiger partial charge in [0.05, 0.1) is 17.6 Å². The van der Waals surface area contributed by atoms with Gasteiger partial charge in [-0.05, 0) is 25.5 Å². The molecule has 3 nitrogen and oxygen atoms in total. The van der Waals surface area contributed by atoms with Crippen molar-refractivity contribution in [2.75, 3.05) is 0 Å². The van der Waals surface area contributed by atoms with E-state index >= 15 is 0 Å². The first-order chi connectivity index (χ1) is 9.72. The fourth-order valence-corrected chi connectivity index (χ4v) is 1.99. The SMILES string of the molecule is Cc1ccc(-c2ccc(-c3cnc(C)cn3)nc2)cc1. The van der Waals surface area contributed by atoms with Gasteiger partial charge in [0.1, 0.15) is 5.69 Å². The maximum absolute atomic E-state index is 4.47. The Labute approximate surface area is 118 Å². The fraction of sp³-hybridized carbons (Fsp3) is 0.118. The monoisotopic (exact) mass is 261 g/mol. The molecule has 0 aliphatic carbocycles. The van der Waals surface area contributed by atoms with Gasteiger partial charge in [0.25, 0.3) is 0 Å². The molecule has 0 unspecified atom stereocenters. The molecule has 0 amide bonds. The van der Waals surface area contributed by atoms with E-state index in [4.69, 9.17) is 0 Å². The minimum absolute atomic E-state index is 0.797. The van der Waals surface area contributed by atoms with Crippen molar-refractivity contribution in [3.8, 4) is 22.5 Å². The van der Waals surface area contributed by atoms with Crippen LogP contribution in [0.3, 0.4) is 0 Å². The fourth-order valence-electron chi connectivity index (χ4n) is 1.99. The van der Waals surface area contributed by atoms with E-state index in [1.807, 2.05) is 19.2 Å². The zero-order chi connectivity index (χ0) is 13.9. The molecule has 0 saturated heterocycles. The third kappa shape index (κ3) is 2.57. The summed E-state index contributed by atoms with van der Waals surface area (Å²) in [6.45, 7) is 4.01. The number of hydrogen-bond acceptors (Lipinski definition) is 3. The molecule has 0 bridgehead atoms. The molecule has 3 rings (SSSR count). The zero-order valence-corrected chi connectivity index (χ0v) is 11.5. The first-order valence-electron chi connectivity index (χ1n) is 6.54. The Morgan fingerprint density at radius 1 is 0.600 bits per heavy atom. The summed E-state index contributed by atoms with van der Waals surface area (Å²) >= 11 is 0. The smallest absolute Gasteiger partial charge is 0.107 e. The Kier molecular flexibility index (Phi) is 3.25. The normalized spacial score (nSPS) is 10.5. The molecule has 0 radical (unpaired) electrons. The van der Waals surface area contributed by atoms with E-state index in [0.29, 0.717) is 0 Å². The molecule has 20 heavy (non-hydrogen) atoms. The summed E-state index contributed by atoms with van der Waals surface area (Å²) in [5.41, 5.74) is 6.08. The highest BCUT2D eigenvalue weighted by Gasteiger charge is 2.03. The zero-order valence-electron chi connectivity index (χ0n) is 11.5. The summed E-state index contributed by atoms with van der Waals surface area (Å²) in [6, 6.07) is 12.5. The van der Waals surface area contributed by atoms with E-state index in [2.05, 4.69) is 52.2 Å². The number of nitrogens with zero attached hydrogens (tertiary/aromatic N) is 3. The number of pyridine rings is 1.